The van der Waals surface area contributed by atoms with Crippen molar-refractivity contribution in [1.29, 1.82) is 0 Å². The number of anilines is 1. The molecule has 1 heterocycles. The van der Waals surface area contributed by atoms with E-state index in [0.717, 1.165) is 27.2 Å². The van der Waals surface area contributed by atoms with Gasteiger partial charge in [-0.05, 0) is 28.5 Å². The lowest BCUT2D eigenvalue weighted by Gasteiger charge is -2.10. The van der Waals surface area contributed by atoms with Crippen molar-refractivity contribution < 1.29 is 4.79 Å². The second-order valence-electron chi connectivity index (χ2n) is 5.73. The van der Waals surface area contributed by atoms with Crippen molar-refractivity contribution in [2.45, 2.75) is 6.42 Å². The standard InChI is InChI=1S/C20H16N4O/c25-19(12-15-8-5-7-14-6-1-2-9-16(14)15)23-24-20-17-10-3-4-11-18(17)21-13-22-20/h1-11,13H,12H2,(H,23,25)(H,21,22,24). The molecule has 25 heavy (non-hydrogen) atoms. The third-order valence-corrected chi connectivity index (χ3v) is 4.09. The van der Waals surface area contributed by atoms with Crippen LogP contribution < -0.4 is 10.9 Å². The largest absolute Gasteiger partial charge is 0.281 e. The summed E-state index contributed by atoms with van der Waals surface area (Å²) in [6.07, 6.45) is 1.76. The summed E-state index contributed by atoms with van der Waals surface area (Å²) in [5.41, 5.74) is 7.44. The van der Waals surface area contributed by atoms with E-state index in [2.05, 4.69) is 20.8 Å². The number of fused-ring (bicyclic) bond motifs is 2. The molecular weight excluding hydrogens is 312 g/mol. The van der Waals surface area contributed by atoms with Gasteiger partial charge in [-0.15, -0.1) is 0 Å². The van der Waals surface area contributed by atoms with Crippen molar-refractivity contribution >= 4 is 33.4 Å². The molecule has 0 saturated heterocycles. The van der Waals surface area contributed by atoms with Crippen LogP contribution in [0.2, 0.25) is 0 Å². The minimum absolute atomic E-state index is 0.126. The molecule has 5 nitrogen and oxygen atoms in total. The van der Waals surface area contributed by atoms with Crippen LogP contribution in [0.3, 0.4) is 0 Å². The summed E-state index contributed by atoms with van der Waals surface area (Å²) in [4.78, 5) is 20.8. The predicted octanol–water partition coefficient (Wildman–Crippen LogP) is 3.47. The summed E-state index contributed by atoms with van der Waals surface area (Å²) >= 11 is 0. The van der Waals surface area contributed by atoms with Crippen LogP contribution in [0.25, 0.3) is 21.7 Å². The summed E-state index contributed by atoms with van der Waals surface area (Å²) in [7, 11) is 0. The highest BCUT2D eigenvalue weighted by molar-refractivity contribution is 5.92. The van der Waals surface area contributed by atoms with Crippen LogP contribution in [-0.4, -0.2) is 15.9 Å². The first-order chi connectivity index (χ1) is 12.3. The quantitative estimate of drug-likeness (QED) is 0.563. The van der Waals surface area contributed by atoms with Crippen molar-refractivity contribution in [2.75, 3.05) is 5.43 Å². The molecule has 0 atom stereocenters. The molecule has 4 aromatic rings. The molecule has 0 aliphatic rings. The second kappa shape index (κ2) is 6.57. The van der Waals surface area contributed by atoms with E-state index in [1.54, 1.807) is 0 Å². The molecule has 0 bridgehead atoms. The minimum atomic E-state index is -0.126. The van der Waals surface area contributed by atoms with Gasteiger partial charge in [-0.2, -0.15) is 0 Å². The number of hydrogen-bond donors (Lipinski definition) is 2. The van der Waals surface area contributed by atoms with E-state index in [1.807, 2.05) is 66.7 Å². The van der Waals surface area contributed by atoms with Crippen molar-refractivity contribution in [1.82, 2.24) is 15.4 Å². The average molecular weight is 328 g/mol. The van der Waals surface area contributed by atoms with E-state index < -0.39 is 0 Å². The third-order valence-electron chi connectivity index (χ3n) is 4.09. The number of amides is 1. The van der Waals surface area contributed by atoms with Crippen molar-refractivity contribution in [3.63, 3.8) is 0 Å². The number of carbonyl (C=O) groups is 1. The Morgan fingerprint density at radius 1 is 0.840 bits per heavy atom. The molecule has 0 aliphatic carbocycles. The average Bonchev–Trinajstić information content (AvgIpc) is 2.66. The third kappa shape index (κ3) is 3.12. The molecule has 0 fully saturated rings. The molecule has 0 radical (unpaired) electrons. The molecule has 0 spiro atoms. The monoisotopic (exact) mass is 328 g/mol. The van der Waals surface area contributed by atoms with E-state index >= 15 is 0 Å². The summed E-state index contributed by atoms with van der Waals surface area (Å²) in [5.74, 6) is 0.455. The first-order valence-corrected chi connectivity index (χ1v) is 8.02. The molecule has 1 aromatic heterocycles. The number of rotatable bonds is 4. The van der Waals surface area contributed by atoms with E-state index in [1.165, 1.54) is 6.33 Å². The summed E-state index contributed by atoms with van der Waals surface area (Å²) < 4.78 is 0. The van der Waals surface area contributed by atoms with Gasteiger partial charge >= 0.3 is 0 Å². The normalized spacial score (nSPS) is 10.7. The number of carbonyl (C=O) groups excluding carboxylic acids is 1. The van der Waals surface area contributed by atoms with Crippen LogP contribution >= 0.6 is 0 Å². The number of aromatic nitrogens is 2. The van der Waals surface area contributed by atoms with Crippen LogP contribution in [0.5, 0.6) is 0 Å². The Labute approximate surface area is 144 Å². The van der Waals surface area contributed by atoms with Gasteiger partial charge in [0.1, 0.15) is 6.33 Å². The highest BCUT2D eigenvalue weighted by Gasteiger charge is 2.08. The highest BCUT2D eigenvalue weighted by Crippen LogP contribution is 2.19. The minimum Gasteiger partial charge on any atom is -0.281 e. The number of hydrogen-bond acceptors (Lipinski definition) is 4. The summed E-state index contributed by atoms with van der Waals surface area (Å²) in [5, 5.41) is 3.07. The van der Waals surface area contributed by atoms with E-state index in [9.17, 15) is 4.79 Å². The number of nitrogens with zero attached hydrogens (tertiary/aromatic N) is 2. The zero-order chi connectivity index (χ0) is 17.1. The second-order valence-corrected chi connectivity index (χ2v) is 5.73. The van der Waals surface area contributed by atoms with Gasteiger partial charge < -0.3 is 0 Å². The molecule has 1 amide bonds. The zero-order valence-corrected chi connectivity index (χ0v) is 13.4. The Balaban J connectivity index is 1.50. The van der Waals surface area contributed by atoms with Crippen molar-refractivity contribution in [2.24, 2.45) is 0 Å². The first kappa shape index (κ1) is 15.1. The van der Waals surface area contributed by atoms with Crippen molar-refractivity contribution in [3.8, 4) is 0 Å². The molecule has 2 N–H and O–H groups in total. The van der Waals surface area contributed by atoms with E-state index in [-0.39, 0.29) is 12.3 Å². The number of nitrogens with one attached hydrogen (secondary N) is 2. The molecule has 3 aromatic carbocycles. The maximum absolute atomic E-state index is 12.3. The van der Waals surface area contributed by atoms with Gasteiger partial charge in [-0.1, -0.05) is 54.6 Å². The number of benzene rings is 3. The summed E-state index contributed by atoms with van der Waals surface area (Å²) in [6.45, 7) is 0. The van der Waals surface area contributed by atoms with Gasteiger partial charge in [-0.3, -0.25) is 15.6 Å². The number of hydrazine groups is 1. The topological polar surface area (TPSA) is 66.9 Å². The fraction of sp³-hybridized carbons (Fsp3) is 0.0500. The molecule has 0 aliphatic heterocycles. The van der Waals surface area contributed by atoms with E-state index in [0.29, 0.717) is 5.82 Å². The van der Waals surface area contributed by atoms with Gasteiger partial charge in [0.2, 0.25) is 5.91 Å². The van der Waals surface area contributed by atoms with Gasteiger partial charge in [0.05, 0.1) is 11.9 Å². The van der Waals surface area contributed by atoms with E-state index in [4.69, 9.17) is 0 Å². The smallest absolute Gasteiger partial charge is 0.242 e. The maximum atomic E-state index is 12.3. The fourth-order valence-corrected chi connectivity index (χ4v) is 2.90. The molecule has 5 heteroatoms. The van der Waals surface area contributed by atoms with Crippen LogP contribution in [-0.2, 0) is 11.2 Å². The van der Waals surface area contributed by atoms with Gasteiger partial charge in [0.15, 0.2) is 5.82 Å². The molecule has 0 unspecified atom stereocenters. The molecule has 122 valence electrons. The van der Waals surface area contributed by atoms with Gasteiger partial charge in [0, 0.05) is 5.39 Å². The molecule has 0 saturated carbocycles. The van der Waals surface area contributed by atoms with Crippen LogP contribution in [0, 0.1) is 0 Å². The summed E-state index contributed by atoms with van der Waals surface area (Å²) in [6, 6.07) is 21.7. The van der Waals surface area contributed by atoms with Crippen LogP contribution in [0.15, 0.2) is 73.1 Å². The Hall–Kier alpha value is -3.47. The lowest BCUT2D eigenvalue weighted by Crippen LogP contribution is -2.31. The Morgan fingerprint density at radius 3 is 2.52 bits per heavy atom. The Kier molecular flexibility index (Phi) is 3.96. The predicted molar refractivity (Wildman–Crippen MR) is 99.0 cm³/mol. The maximum Gasteiger partial charge on any atom is 0.242 e. The Bertz CT molecular complexity index is 1050. The molecule has 4 rings (SSSR count). The van der Waals surface area contributed by atoms with Crippen molar-refractivity contribution in [3.05, 3.63) is 78.6 Å². The number of para-hydroxylation sites is 1. The Morgan fingerprint density at radius 2 is 1.60 bits per heavy atom. The zero-order valence-electron chi connectivity index (χ0n) is 13.4. The lowest BCUT2D eigenvalue weighted by atomic mass is 10.0. The van der Waals surface area contributed by atoms with Crippen LogP contribution in [0.1, 0.15) is 5.56 Å². The van der Waals surface area contributed by atoms with Gasteiger partial charge in [-0.25, -0.2) is 9.97 Å². The van der Waals surface area contributed by atoms with Gasteiger partial charge in [0.25, 0.3) is 0 Å². The highest BCUT2D eigenvalue weighted by atomic mass is 16.2. The van der Waals surface area contributed by atoms with Crippen LogP contribution in [0.4, 0.5) is 5.82 Å². The lowest BCUT2D eigenvalue weighted by molar-refractivity contribution is -0.119. The SMILES string of the molecule is O=C(Cc1cccc2ccccc12)NNc1ncnc2ccccc12. The molecular formula is C20H16N4O. The first-order valence-electron chi connectivity index (χ1n) is 8.02. The fourth-order valence-electron chi connectivity index (χ4n) is 2.90.